The molecule has 13 heteroatoms. The number of nitrogens with zero attached hydrogens (tertiary/aromatic N) is 5. The first-order chi connectivity index (χ1) is 13.5. The summed E-state index contributed by atoms with van der Waals surface area (Å²) >= 11 is 4.96. The molecule has 0 saturated heterocycles. The topological polar surface area (TPSA) is 65.2 Å². The minimum absolute atomic E-state index is 0.00778. The maximum absolute atomic E-state index is 14.4. The zero-order valence-electron chi connectivity index (χ0n) is 14.2. The molecule has 1 aliphatic carbocycles. The molecular weight excluding hydrogens is 428 g/mol. The molecule has 3 aromatic heterocycles. The molecule has 154 valence electrons. The number of hydrogen-bond acceptors (Lipinski definition) is 5. The van der Waals surface area contributed by atoms with E-state index >= 15 is 0 Å². The lowest BCUT2D eigenvalue weighted by Gasteiger charge is -2.42. The van der Waals surface area contributed by atoms with Crippen LogP contribution in [0, 0.1) is 5.82 Å². The summed E-state index contributed by atoms with van der Waals surface area (Å²) in [7, 11) is 0. The smallest absolute Gasteiger partial charge is 0.428 e. The molecule has 0 amide bonds. The minimum atomic E-state index is -4.66. The molecule has 0 aliphatic heterocycles. The maximum Gasteiger partial charge on any atom is 0.428 e. The summed E-state index contributed by atoms with van der Waals surface area (Å²) in [5, 5.41) is 6.80. The van der Waals surface area contributed by atoms with Crippen LogP contribution in [0.5, 0.6) is 5.88 Å². The molecule has 0 aromatic carbocycles. The maximum atomic E-state index is 14.4. The van der Waals surface area contributed by atoms with Crippen molar-refractivity contribution in [1.29, 1.82) is 0 Å². The van der Waals surface area contributed by atoms with Gasteiger partial charge in [0.1, 0.15) is 0 Å². The molecule has 3 aromatic rings. The highest BCUT2D eigenvalue weighted by Crippen LogP contribution is 2.48. The van der Waals surface area contributed by atoms with Gasteiger partial charge in [0.2, 0.25) is 11.4 Å². The van der Waals surface area contributed by atoms with Crippen molar-refractivity contribution in [3.63, 3.8) is 0 Å². The molecule has 4 rings (SSSR count). The van der Waals surface area contributed by atoms with Crippen molar-refractivity contribution in [2.45, 2.75) is 36.4 Å². The highest BCUT2D eigenvalue weighted by Gasteiger charge is 2.61. The first kappa shape index (κ1) is 19.7. The van der Waals surface area contributed by atoms with E-state index in [0.717, 1.165) is 12.3 Å². The molecule has 0 bridgehead atoms. The summed E-state index contributed by atoms with van der Waals surface area (Å²) in [6.07, 6.45) is -3.92. The zero-order valence-corrected chi connectivity index (χ0v) is 15.0. The van der Waals surface area contributed by atoms with E-state index < -0.39 is 34.7 Å². The summed E-state index contributed by atoms with van der Waals surface area (Å²) < 4.78 is 86.3. The lowest BCUT2D eigenvalue weighted by molar-refractivity contribution is -0.275. The van der Waals surface area contributed by atoms with Gasteiger partial charge in [0.15, 0.2) is 11.5 Å². The predicted molar refractivity (Wildman–Crippen MR) is 87.0 cm³/mol. The van der Waals surface area contributed by atoms with Crippen LogP contribution in [0.2, 0.25) is 0 Å². The van der Waals surface area contributed by atoms with Gasteiger partial charge in [0.25, 0.3) is 5.88 Å². The van der Waals surface area contributed by atoms with E-state index in [9.17, 15) is 26.3 Å². The van der Waals surface area contributed by atoms with Gasteiger partial charge >= 0.3 is 11.6 Å². The Balaban J connectivity index is 1.68. The largest absolute Gasteiger partial charge is 0.459 e. The van der Waals surface area contributed by atoms with Crippen molar-refractivity contribution in [2.75, 3.05) is 0 Å². The third-order valence-electron chi connectivity index (χ3n) is 4.59. The Kier molecular flexibility index (Phi) is 4.37. The molecular formula is C16H10ClF6N5O. The number of alkyl halides is 6. The number of halogens is 7. The SMILES string of the molecule is Fc1cc(-c2ccc3nnc(C(F)(F)Cl)n3n2)cnc1OC1(C(F)(F)F)CCC1. The zero-order chi connectivity index (χ0) is 21.0. The Labute approximate surface area is 163 Å². The van der Waals surface area contributed by atoms with Crippen molar-refractivity contribution in [1.82, 2.24) is 24.8 Å². The van der Waals surface area contributed by atoms with Crippen molar-refractivity contribution in [3.05, 3.63) is 36.0 Å². The fourth-order valence-electron chi connectivity index (χ4n) is 2.89. The Hall–Kier alpha value is -2.63. The molecule has 29 heavy (non-hydrogen) atoms. The van der Waals surface area contributed by atoms with Crippen LogP contribution >= 0.6 is 11.6 Å². The number of rotatable bonds is 4. The quantitative estimate of drug-likeness (QED) is 0.445. The normalized spacial score (nSPS) is 16.7. The number of pyridine rings is 1. The summed E-state index contributed by atoms with van der Waals surface area (Å²) in [6, 6.07) is 3.47. The number of fused-ring (bicyclic) bond motifs is 1. The molecule has 1 saturated carbocycles. The molecule has 3 heterocycles. The van der Waals surface area contributed by atoms with E-state index in [4.69, 9.17) is 16.3 Å². The van der Waals surface area contributed by atoms with Gasteiger partial charge in [-0.1, -0.05) is 0 Å². The third kappa shape index (κ3) is 3.34. The fourth-order valence-corrected chi connectivity index (χ4v) is 3.00. The van der Waals surface area contributed by atoms with Gasteiger partial charge in [0.05, 0.1) is 5.69 Å². The number of aromatic nitrogens is 5. The van der Waals surface area contributed by atoms with E-state index in [1.165, 1.54) is 12.1 Å². The van der Waals surface area contributed by atoms with Gasteiger partial charge in [-0.3, -0.25) is 0 Å². The Morgan fingerprint density at radius 3 is 2.38 bits per heavy atom. The van der Waals surface area contributed by atoms with Crippen LogP contribution in [0.15, 0.2) is 24.4 Å². The molecule has 6 nitrogen and oxygen atoms in total. The summed E-state index contributed by atoms with van der Waals surface area (Å²) in [5.74, 6) is -2.89. The average molecular weight is 438 g/mol. The lowest BCUT2D eigenvalue weighted by Crippen LogP contribution is -2.55. The summed E-state index contributed by atoms with van der Waals surface area (Å²) in [4.78, 5) is 3.62. The van der Waals surface area contributed by atoms with Crippen molar-refractivity contribution >= 4 is 17.2 Å². The fraction of sp³-hybridized carbons (Fsp3) is 0.375. The van der Waals surface area contributed by atoms with E-state index in [1.54, 1.807) is 0 Å². The Morgan fingerprint density at radius 2 is 1.83 bits per heavy atom. The Morgan fingerprint density at radius 1 is 1.10 bits per heavy atom. The number of ether oxygens (including phenoxy) is 1. The van der Waals surface area contributed by atoms with Crippen LogP contribution < -0.4 is 4.74 Å². The third-order valence-corrected chi connectivity index (χ3v) is 4.76. The second-order valence-corrected chi connectivity index (χ2v) is 6.94. The lowest BCUT2D eigenvalue weighted by atomic mass is 9.79. The predicted octanol–water partition coefficient (Wildman–Crippen LogP) is 4.48. The van der Waals surface area contributed by atoms with Crippen molar-refractivity contribution in [2.24, 2.45) is 0 Å². The molecule has 0 unspecified atom stereocenters. The average Bonchev–Trinajstić information content (AvgIpc) is 3.01. The molecule has 0 spiro atoms. The molecule has 0 radical (unpaired) electrons. The standard InChI is InChI=1S/C16H10ClF6N5O/c17-15(19,20)13-26-25-11-3-2-10(27-28(11)13)8-6-9(18)12(24-7-8)29-14(4-1-5-14)16(21,22)23/h2-3,6-7H,1,4-5H2. The highest BCUT2D eigenvalue weighted by atomic mass is 35.5. The van der Waals surface area contributed by atoms with Gasteiger partial charge < -0.3 is 4.74 Å². The Bertz CT molecular complexity index is 1080. The van der Waals surface area contributed by atoms with Crippen LogP contribution in [-0.2, 0) is 5.38 Å². The van der Waals surface area contributed by atoms with Crippen LogP contribution in [-0.4, -0.2) is 36.6 Å². The van der Waals surface area contributed by atoms with Crippen LogP contribution in [0.1, 0.15) is 25.1 Å². The molecule has 1 aliphatic rings. The van der Waals surface area contributed by atoms with Crippen LogP contribution in [0.3, 0.4) is 0 Å². The van der Waals surface area contributed by atoms with E-state index in [1.807, 2.05) is 0 Å². The molecule has 0 N–H and O–H groups in total. The van der Waals surface area contributed by atoms with Gasteiger partial charge in [-0.25, -0.2) is 9.37 Å². The van der Waals surface area contributed by atoms with Gasteiger partial charge in [-0.15, -0.1) is 10.2 Å². The summed E-state index contributed by atoms with van der Waals surface area (Å²) in [5.41, 5.74) is -2.48. The second-order valence-electron chi connectivity index (χ2n) is 6.47. The van der Waals surface area contributed by atoms with Gasteiger partial charge in [-0.2, -0.15) is 31.6 Å². The first-order valence-corrected chi connectivity index (χ1v) is 8.59. The minimum Gasteiger partial charge on any atom is -0.459 e. The first-order valence-electron chi connectivity index (χ1n) is 8.21. The van der Waals surface area contributed by atoms with Crippen LogP contribution in [0.4, 0.5) is 26.3 Å². The van der Waals surface area contributed by atoms with E-state index in [-0.39, 0.29) is 29.7 Å². The highest BCUT2D eigenvalue weighted by molar-refractivity contribution is 6.21. The monoisotopic (exact) mass is 437 g/mol. The van der Waals surface area contributed by atoms with E-state index in [0.29, 0.717) is 10.9 Å². The number of hydrogen-bond donors (Lipinski definition) is 0. The van der Waals surface area contributed by atoms with Crippen molar-refractivity contribution in [3.8, 4) is 17.1 Å². The van der Waals surface area contributed by atoms with Crippen molar-refractivity contribution < 1.29 is 31.1 Å². The van der Waals surface area contributed by atoms with Crippen LogP contribution in [0.25, 0.3) is 16.9 Å². The second kappa shape index (κ2) is 6.44. The van der Waals surface area contributed by atoms with Gasteiger partial charge in [0, 0.05) is 11.8 Å². The molecule has 0 atom stereocenters. The molecule has 1 fully saturated rings. The summed E-state index contributed by atoms with van der Waals surface area (Å²) in [6.45, 7) is 0. The van der Waals surface area contributed by atoms with E-state index in [2.05, 4.69) is 20.3 Å². The van der Waals surface area contributed by atoms with Gasteiger partial charge in [-0.05, 0) is 49.1 Å².